The monoisotopic (exact) mass is 314 g/mol. The van der Waals surface area contributed by atoms with Gasteiger partial charge in [-0.15, -0.1) is 0 Å². The van der Waals surface area contributed by atoms with Crippen LogP contribution >= 0.6 is 0 Å². The first-order chi connectivity index (χ1) is 11.0. The summed E-state index contributed by atoms with van der Waals surface area (Å²) < 4.78 is 5.55. The number of hydrogen-bond donors (Lipinski definition) is 1. The van der Waals surface area contributed by atoms with E-state index in [0.717, 1.165) is 17.1 Å². The van der Waals surface area contributed by atoms with E-state index < -0.39 is 0 Å². The summed E-state index contributed by atoms with van der Waals surface area (Å²) in [6.07, 6.45) is 0. The van der Waals surface area contributed by atoms with Gasteiger partial charge in [-0.3, -0.25) is 9.69 Å². The topological polar surface area (TPSA) is 45.5 Å². The van der Waals surface area contributed by atoms with Gasteiger partial charge in [0.25, 0.3) is 0 Å². The highest BCUT2D eigenvalue weighted by molar-refractivity contribution is 5.78. The molecule has 0 bridgehead atoms. The molecule has 124 valence electrons. The minimum Gasteiger partial charge on any atom is -0.465 e. The quantitative estimate of drug-likeness (QED) is 0.850. The van der Waals surface area contributed by atoms with Crippen LogP contribution in [0, 0.1) is 12.8 Å². The highest BCUT2D eigenvalue weighted by atomic mass is 16.3. The predicted octanol–water partition coefficient (Wildman–Crippen LogP) is 3.53. The lowest BCUT2D eigenvalue weighted by molar-refractivity contribution is -0.123. The maximum atomic E-state index is 12.4. The third-order valence-electron chi connectivity index (χ3n) is 3.78. The van der Waals surface area contributed by atoms with E-state index in [1.54, 1.807) is 0 Å². The molecule has 1 amide bonds. The molecule has 23 heavy (non-hydrogen) atoms. The van der Waals surface area contributed by atoms with Gasteiger partial charge < -0.3 is 9.73 Å². The normalized spacial score (nSPS) is 12.6. The fourth-order valence-corrected chi connectivity index (χ4v) is 2.65. The van der Waals surface area contributed by atoms with Crippen LogP contribution in [0.1, 0.15) is 37.0 Å². The second-order valence-electron chi connectivity index (χ2n) is 6.38. The Bertz CT molecular complexity index is 619. The molecular formula is C19H26N2O2. The van der Waals surface area contributed by atoms with Crippen molar-refractivity contribution in [1.29, 1.82) is 0 Å². The van der Waals surface area contributed by atoms with Crippen LogP contribution in [0.15, 0.2) is 46.9 Å². The fraction of sp³-hybridized carbons (Fsp3) is 0.421. The van der Waals surface area contributed by atoms with Crippen molar-refractivity contribution in [3.05, 3.63) is 59.5 Å². The molecule has 1 aromatic heterocycles. The number of rotatable bonds is 7. The summed E-state index contributed by atoms with van der Waals surface area (Å²) in [5, 5.41) is 3.14. The van der Waals surface area contributed by atoms with Gasteiger partial charge >= 0.3 is 0 Å². The Morgan fingerprint density at radius 3 is 2.43 bits per heavy atom. The molecule has 1 atom stereocenters. The summed E-state index contributed by atoms with van der Waals surface area (Å²) in [5.74, 6) is 2.13. The molecule has 0 aliphatic carbocycles. The van der Waals surface area contributed by atoms with Gasteiger partial charge in [-0.05, 0) is 37.6 Å². The van der Waals surface area contributed by atoms with Crippen LogP contribution < -0.4 is 5.32 Å². The molecule has 4 heteroatoms. The van der Waals surface area contributed by atoms with Gasteiger partial charge in [0.2, 0.25) is 5.91 Å². The molecule has 0 saturated carbocycles. The lowest BCUT2D eigenvalue weighted by Gasteiger charge is -2.24. The van der Waals surface area contributed by atoms with E-state index in [-0.39, 0.29) is 11.9 Å². The zero-order valence-corrected chi connectivity index (χ0v) is 14.4. The van der Waals surface area contributed by atoms with Crippen molar-refractivity contribution >= 4 is 5.91 Å². The van der Waals surface area contributed by atoms with Crippen molar-refractivity contribution < 1.29 is 9.21 Å². The highest BCUT2D eigenvalue weighted by Gasteiger charge is 2.19. The van der Waals surface area contributed by atoms with Gasteiger partial charge in [0, 0.05) is 0 Å². The maximum Gasteiger partial charge on any atom is 0.234 e. The largest absolute Gasteiger partial charge is 0.465 e. The first-order valence-corrected chi connectivity index (χ1v) is 8.04. The number of amides is 1. The summed E-state index contributed by atoms with van der Waals surface area (Å²) in [4.78, 5) is 14.3. The number of nitrogens with zero attached hydrogens (tertiary/aromatic N) is 1. The molecule has 2 rings (SSSR count). The van der Waals surface area contributed by atoms with Gasteiger partial charge in [0.1, 0.15) is 11.5 Å². The summed E-state index contributed by atoms with van der Waals surface area (Å²) in [6, 6.07) is 14.0. The lowest BCUT2D eigenvalue weighted by atomic mass is 9.96. The number of benzene rings is 1. The Morgan fingerprint density at radius 2 is 1.87 bits per heavy atom. The standard InChI is InChI=1S/C19H26N2O2/c1-14(2)19(16-8-6-5-7-9-16)20-18(22)13-21(4)12-17-11-10-15(3)23-17/h5-11,14,19H,12-13H2,1-4H3,(H,20,22). The van der Waals surface area contributed by atoms with Crippen molar-refractivity contribution in [3.63, 3.8) is 0 Å². The molecule has 1 aromatic carbocycles. The molecule has 0 fully saturated rings. The number of aryl methyl sites for hydroxylation is 1. The van der Waals surface area contributed by atoms with Gasteiger partial charge in [0.05, 0.1) is 19.1 Å². The summed E-state index contributed by atoms with van der Waals surface area (Å²) >= 11 is 0. The van der Waals surface area contributed by atoms with Crippen LogP contribution in [0.25, 0.3) is 0 Å². The van der Waals surface area contributed by atoms with Gasteiger partial charge in [-0.25, -0.2) is 0 Å². The number of furan rings is 1. The van der Waals surface area contributed by atoms with Crippen molar-refractivity contribution in [2.75, 3.05) is 13.6 Å². The van der Waals surface area contributed by atoms with E-state index in [0.29, 0.717) is 19.0 Å². The Labute approximate surface area is 138 Å². The summed E-state index contributed by atoms with van der Waals surface area (Å²) in [5.41, 5.74) is 1.14. The Morgan fingerprint density at radius 1 is 1.17 bits per heavy atom. The molecule has 1 N–H and O–H groups in total. The first-order valence-electron chi connectivity index (χ1n) is 8.04. The lowest BCUT2D eigenvalue weighted by Crippen LogP contribution is -2.38. The minimum atomic E-state index is 0.0262. The molecule has 0 radical (unpaired) electrons. The number of carbonyl (C=O) groups is 1. The number of hydrogen-bond acceptors (Lipinski definition) is 3. The molecule has 0 saturated heterocycles. The Hall–Kier alpha value is -2.07. The Kier molecular flexibility index (Phi) is 5.99. The second-order valence-corrected chi connectivity index (χ2v) is 6.38. The third-order valence-corrected chi connectivity index (χ3v) is 3.78. The van der Waals surface area contributed by atoms with Crippen LogP contribution in [-0.4, -0.2) is 24.4 Å². The van der Waals surface area contributed by atoms with Gasteiger partial charge in [-0.1, -0.05) is 44.2 Å². The molecular weight excluding hydrogens is 288 g/mol. The van der Waals surface area contributed by atoms with Crippen LogP contribution in [-0.2, 0) is 11.3 Å². The van der Waals surface area contributed by atoms with Crippen molar-refractivity contribution in [2.24, 2.45) is 5.92 Å². The first kappa shape index (κ1) is 17.3. The van der Waals surface area contributed by atoms with Crippen LogP contribution in [0.5, 0.6) is 0 Å². The summed E-state index contributed by atoms with van der Waals surface area (Å²) in [7, 11) is 1.92. The molecule has 0 spiro atoms. The predicted molar refractivity (Wildman–Crippen MR) is 91.9 cm³/mol. The number of nitrogens with one attached hydrogen (secondary N) is 1. The number of likely N-dealkylation sites (N-methyl/N-ethyl adjacent to an activating group) is 1. The molecule has 2 aromatic rings. The summed E-state index contributed by atoms with van der Waals surface area (Å²) in [6.45, 7) is 7.12. The van der Waals surface area contributed by atoms with Crippen molar-refractivity contribution in [2.45, 2.75) is 33.4 Å². The smallest absolute Gasteiger partial charge is 0.234 e. The van der Waals surface area contributed by atoms with E-state index in [9.17, 15) is 4.79 Å². The Balaban J connectivity index is 1.91. The van der Waals surface area contributed by atoms with E-state index in [2.05, 4.69) is 31.3 Å². The average Bonchev–Trinajstić information content (AvgIpc) is 2.90. The van der Waals surface area contributed by atoms with Crippen molar-refractivity contribution in [1.82, 2.24) is 10.2 Å². The van der Waals surface area contributed by atoms with Gasteiger partial charge in [0.15, 0.2) is 0 Å². The molecule has 4 nitrogen and oxygen atoms in total. The molecule has 0 aliphatic rings. The average molecular weight is 314 g/mol. The third kappa shape index (κ3) is 5.25. The van der Waals surface area contributed by atoms with Gasteiger partial charge in [-0.2, -0.15) is 0 Å². The van der Waals surface area contributed by atoms with E-state index in [4.69, 9.17) is 4.42 Å². The van der Waals surface area contributed by atoms with E-state index in [1.165, 1.54) is 0 Å². The van der Waals surface area contributed by atoms with E-state index in [1.807, 2.05) is 49.2 Å². The highest BCUT2D eigenvalue weighted by Crippen LogP contribution is 2.21. The van der Waals surface area contributed by atoms with Crippen molar-refractivity contribution in [3.8, 4) is 0 Å². The second kappa shape index (κ2) is 7.97. The molecule has 1 unspecified atom stereocenters. The maximum absolute atomic E-state index is 12.4. The number of carbonyl (C=O) groups excluding carboxylic acids is 1. The zero-order valence-electron chi connectivity index (χ0n) is 14.4. The fourth-order valence-electron chi connectivity index (χ4n) is 2.65. The van der Waals surface area contributed by atoms with Crippen LogP contribution in [0.3, 0.4) is 0 Å². The molecule has 1 heterocycles. The van der Waals surface area contributed by atoms with Crippen LogP contribution in [0.2, 0.25) is 0 Å². The van der Waals surface area contributed by atoms with Crippen LogP contribution in [0.4, 0.5) is 0 Å². The minimum absolute atomic E-state index is 0.0262. The SMILES string of the molecule is Cc1ccc(CN(C)CC(=O)NC(c2ccccc2)C(C)C)o1. The zero-order chi connectivity index (χ0) is 16.8. The molecule has 0 aliphatic heterocycles. The van der Waals surface area contributed by atoms with E-state index >= 15 is 0 Å².